The Morgan fingerprint density at radius 2 is 1.78 bits per heavy atom. The minimum Gasteiger partial charge on any atom is -0.507 e. The third-order valence-corrected chi connectivity index (χ3v) is 6.23. The summed E-state index contributed by atoms with van der Waals surface area (Å²) in [5, 5.41) is 26.9. The third kappa shape index (κ3) is 4.63. The number of amides is 1. The second kappa shape index (κ2) is 10.1. The molecule has 0 bridgehead atoms. The number of aliphatic hydroxyl groups is 1. The molecule has 0 saturated carbocycles. The SMILES string of the molecule is Cc1c(C(O)=C2C(=O)C(=O)N(CCCN(C)C)C2c2ccc([N+](=O)[O-])cc2)cnn1-c1ccccc1. The van der Waals surface area contributed by atoms with E-state index in [-0.39, 0.29) is 23.6 Å². The van der Waals surface area contributed by atoms with Crippen LogP contribution in [0.4, 0.5) is 5.69 Å². The minimum atomic E-state index is -0.882. The number of non-ortho nitro benzene ring substituents is 1. The lowest BCUT2D eigenvalue weighted by atomic mass is 9.95. The number of hydrogen-bond donors (Lipinski definition) is 1. The van der Waals surface area contributed by atoms with Gasteiger partial charge in [0.05, 0.1) is 39.7 Å². The topological polar surface area (TPSA) is 122 Å². The van der Waals surface area contributed by atoms with Gasteiger partial charge in [0.25, 0.3) is 17.4 Å². The molecular weight excluding hydrogens is 462 g/mol. The van der Waals surface area contributed by atoms with Gasteiger partial charge in [-0.3, -0.25) is 19.7 Å². The van der Waals surface area contributed by atoms with E-state index in [2.05, 4.69) is 5.10 Å². The van der Waals surface area contributed by atoms with Crippen molar-refractivity contribution in [3.05, 3.63) is 93.3 Å². The van der Waals surface area contributed by atoms with Crippen LogP contribution in [0.3, 0.4) is 0 Å². The Labute approximate surface area is 208 Å². The van der Waals surface area contributed by atoms with Crippen molar-refractivity contribution in [1.29, 1.82) is 0 Å². The lowest BCUT2D eigenvalue weighted by Crippen LogP contribution is -2.32. The van der Waals surface area contributed by atoms with Crippen molar-refractivity contribution >= 4 is 23.1 Å². The molecule has 36 heavy (non-hydrogen) atoms. The predicted molar refractivity (Wildman–Crippen MR) is 134 cm³/mol. The van der Waals surface area contributed by atoms with E-state index in [0.29, 0.717) is 29.8 Å². The van der Waals surface area contributed by atoms with Crippen molar-refractivity contribution in [2.75, 3.05) is 27.2 Å². The summed E-state index contributed by atoms with van der Waals surface area (Å²) >= 11 is 0. The summed E-state index contributed by atoms with van der Waals surface area (Å²) < 4.78 is 1.64. The summed E-state index contributed by atoms with van der Waals surface area (Å²) in [7, 11) is 3.82. The summed E-state index contributed by atoms with van der Waals surface area (Å²) in [6.45, 7) is 2.74. The fraction of sp³-hybridized carbons (Fsp3) is 0.269. The highest BCUT2D eigenvalue weighted by Crippen LogP contribution is 2.40. The second-order valence-electron chi connectivity index (χ2n) is 8.89. The number of rotatable bonds is 8. The first-order valence-electron chi connectivity index (χ1n) is 11.5. The fourth-order valence-corrected chi connectivity index (χ4v) is 4.41. The summed E-state index contributed by atoms with van der Waals surface area (Å²) in [6, 6.07) is 14.1. The Hall–Kier alpha value is -4.31. The highest BCUT2D eigenvalue weighted by atomic mass is 16.6. The molecule has 1 aromatic heterocycles. The highest BCUT2D eigenvalue weighted by molar-refractivity contribution is 6.46. The van der Waals surface area contributed by atoms with Gasteiger partial charge in [-0.25, -0.2) is 4.68 Å². The number of aromatic nitrogens is 2. The van der Waals surface area contributed by atoms with Crippen molar-refractivity contribution in [3.63, 3.8) is 0 Å². The van der Waals surface area contributed by atoms with Gasteiger partial charge < -0.3 is 14.9 Å². The first-order valence-corrected chi connectivity index (χ1v) is 11.5. The molecule has 1 N–H and O–H groups in total. The van der Waals surface area contributed by atoms with E-state index < -0.39 is 22.7 Å². The van der Waals surface area contributed by atoms with Gasteiger partial charge in [0.1, 0.15) is 5.76 Å². The van der Waals surface area contributed by atoms with Crippen molar-refractivity contribution in [2.24, 2.45) is 0 Å². The molecule has 10 nitrogen and oxygen atoms in total. The van der Waals surface area contributed by atoms with Crippen LogP contribution in [0.5, 0.6) is 0 Å². The van der Waals surface area contributed by atoms with Crippen LogP contribution in [-0.4, -0.2) is 68.5 Å². The molecule has 1 amide bonds. The molecule has 2 aromatic carbocycles. The van der Waals surface area contributed by atoms with Crippen molar-refractivity contribution < 1.29 is 19.6 Å². The molecule has 0 aliphatic carbocycles. The number of aliphatic hydroxyl groups excluding tert-OH is 1. The molecule has 1 unspecified atom stereocenters. The monoisotopic (exact) mass is 489 g/mol. The number of nitro groups is 1. The average Bonchev–Trinajstić information content (AvgIpc) is 3.36. The van der Waals surface area contributed by atoms with E-state index in [9.17, 15) is 24.8 Å². The van der Waals surface area contributed by atoms with Gasteiger partial charge >= 0.3 is 0 Å². The Balaban J connectivity index is 1.81. The lowest BCUT2D eigenvalue weighted by molar-refractivity contribution is -0.384. The van der Waals surface area contributed by atoms with Gasteiger partial charge in [-0.15, -0.1) is 0 Å². The van der Waals surface area contributed by atoms with Gasteiger partial charge in [-0.05, 0) is 63.8 Å². The number of hydrogen-bond acceptors (Lipinski definition) is 7. The molecule has 2 heterocycles. The summed E-state index contributed by atoms with van der Waals surface area (Å²) in [4.78, 5) is 40.3. The predicted octanol–water partition coefficient (Wildman–Crippen LogP) is 3.46. The molecule has 186 valence electrons. The van der Waals surface area contributed by atoms with Crippen LogP contribution in [0.2, 0.25) is 0 Å². The van der Waals surface area contributed by atoms with Crippen molar-refractivity contribution in [3.8, 4) is 5.69 Å². The molecule has 0 spiro atoms. The molecular formula is C26H27N5O5. The number of carbonyl (C=O) groups is 2. The van der Waals surface area contributed by atoms with E-state index in [1.54, 1.807) is 11.6 Å². The van der Waals surface area contributed by atoms with Crippen LogP contribution in [-0.2, 0) is 9.59 Å². The zero-order valence-corrected chi connectivity index (χ0v) is 20.3. The van der Waals surface area contributed by atoms with Crippen LogP contribution >= 0.6 is 0 Å². The summed E-state index contributed by atoms with van der Waals surface area (Å²) in [6.07, 6.45) is 2.07. The number of para-hydroxylation sites is 1. The molecule has 0 radical (unpaired) electrons. The van der Waals surface area contributed by atoms with Crippen LogP contribution in [0.1, 0.15) is 29.3 Å². The van der Waals surface area contributed by atoms with E-state index in [1.165, 1.54) is 35.4 Å². The van der Waals surface area contributed by atoms with E-state index in [0.717, 1.165) is 5.69 Å². The Kier molecular flexibility index (Phi) is 6.98. The fourth-order valence-electron chi connectivity index (χ4n) is 4.41. The number of carbonyl (C=O) groups excluding carboxylic acids is 2. The standard InChI is InChI=1S/C26H27N5O5/c1-17-21(16-27-30(17)19-8-5-4-6-9-19)24(32)22-23(18-10-12-20(13-11-18)31(35)36)29(26(34)25(22)33)15-7-14-28(2)3/h4-6,8-13,16,23,32H,7,14-15H2,1-3H3. The van der Waals surface area contributed by atoms with Gasteiger partial charge in [0.15, 0.2) is 0 Å². The van der Waals surface area contributed by atoms with E-state index in [4.69, 9.17) is 0 Å². The largest absolute Gasteiger partial charge is 0.507 e. The molecule has 4 rings (SSSR count). The van der Waals surface area contributed by atoms with Crippen LogP contribution in [0.25, 0.3) is 11.4 Å². The first kappa shape index (κ1) is 24.8. The summed E-state index contributed by atoms with van der Waals surface area (Å²) in [5.74, 6) is -1.84. The molecule has 10 heteroatoms. The minimum absolute atomic E-state index is 0.0607. The molecule has 1 saturated heterocycles. The van der Waals surface area contributed by atoms with Crippen molar-refractivity contribution in [2.45, 2.75) is 19.4 Å². The smallest absolute Gasteiger partial charge is 0.295 e. The maximum absolute atomic E-state index is 13.2. The number of likely N-dealkylation sites (tertiary alicyclic amines) is 1. The van der Waals surface area contributed by atoms with Crippen LogP contribution in [0, 0.1) is 17.0 Å². The number of Topliss-reactive ketones (excluding diaryl/α,β-unsaturated/α-hetero) is 1. The van der Waals surface area contributed by atoms with Gasteiger partial charge in [-0.1, -0.05) is 18.2 Å². The average molecular weight is 490 g/mol. The van der Waals surface area contributed by atoms with E-state index in [1.807, 2.05) is 49.3 Å². The number of nitrogens with zero attached hydrogens (tertiary/aromatic N) is 5. The molecule has 1 atom stereocenters. The van der Waals surface area contributed by atoms with Crippen LogP contribution < -0.4 is 0 Å². The highest BCUT2D eigenvalue weighted by Gasteiger charge is 2.46. The maximum atomic E-state index is 13.2. The number of benzene rings is 2. The van der Waals surface area contributed by atoms with Gasteiger partial charge in [-0.2, -0.15) is 5.10 Å². The molecule has 1 aliphatic rings. The van der Waals surface area contributed by atoms with Crippen LogP contribution in [0.15, 0.2) is 66.4 Å². The Morgan fingerprint density at radius 1 is 1.11 bits per heavy atom. The molecule has 1 fully saturated rings. The third-order valence-electron chi connectivity index (χ3n) is 6.23. The Morgan fingerprint density at radius 3 is 2.39 bits per heavy atom. The Bertz CT molecular complexity index is 1330. The summed E-state index contributed by atoms with van der Waals surface area (Å²) in [5.41, 5.74) is 2.04. The molecule has 1 aliphatic heterocycles. The first-order chi connectivity index (χ1) is 17.2. The zero-order chi connectivity index (χ0) is 26.0. The zero-order valence-electron chi connectivity index (χ0n) is 20.3. The second-order valence-corrected chi connectivity index (χ2v) is 8.89. The van der Waals surface area contributed by atoms with Gasteiger partial charge in [0, 0.05) is 18.7 Å². The maximum Gasteiger partial charge on any atom is 0.295 e. The van der Waals surface area contributed by atoms with Gasteiger partial charge in [0.2, 0.25) is 0 Å². The number of nitro benzene ring substituents is 1. The molecule has 3 aromatic rings. The van der Waals surface area contributed by atoms with E-state index >= 15 is 0 Å². The number of ketones is 1. The normalized spacial score (nSPS) is 17.2. The lowest BCUT2D eigenvalue weighted by Gasteiger charge is -2.25. The van der Waals surface area contributed by atoms with Crippen molar-refractivity contribution in [1.82, 2.24) is 19.6 Å². The quantitative estimate of drug-likeness (QED) is 0.169.